The van der Waals surface area contributed by atoms with Crippen LogP contribution in [0.15, 0.2) is 375 Å². The molecule has 2 heterocycles. The predicted octanol–water partition coefficient (Wildman–Crippen LogP) is 22.2. The van der Waals surface area contributed by atoms with Crippen molar-refractivity contribution in [2.45, 2.75) is 24.2 Å². The van der Waals surface area contributed by atoms with Crippen molar-refractivity contribution in [1.82, 2.24) is 5.32 Å². The summed E-state index contributed by atoms with van der Waals surface area (Å²) >= 11 is 0. The maximum atomic E-state index is 5.01. The SMILES string of the molecule is C=C(/C=C/c1ccc2c(c1)C(c1ccccc1)(c1ccccc1)c1cc(N3c4ccccc4N(C(/C=C\C)=C/NC)c4ccccc43)ccc1-2)/C=C1\C(=C)c2ccc(N3C4=C(C=CCC=C4)N(c4ccccc4)c4ccccc43)cc2C1(c1ccccc1)c1ccccc1. The fourth-order valence-electron chi connectivity index (χ4n) is 15.5. The van der Waals surface area contributed by atoms with Crippen LogP contribution in [-0.4, -0.2) is 7.05 Å². The first kappa shape index (κ1) is 57.3. The standard InChI is InChI=1S/C89H69N5/c1-5-30-72(61-90-4)94-86-47-28-26-45-84(86)93(85-46-27-29-48-87(85)94)71-53-56-75-74-54-51-64(58-77(74)89(79(75)60-71,67-35-16-8-17-36-67)68-37-18-9-19-38-68)50-49-62(2)57-76-63(3)73-55-52-70(59-78(73)88(76,65-31-12-6-13-32-65)66-33-14-7-15-34-66)92-82-42-23-11-22-41-80(82)91(69-39-20-10-21-40-69)81-43-24-25-44-83(81)92/h5-10,12-61,90H,2-3,11H2,1,4H3/b30-5-,50-49+,72-61+,76-57+. The van der Waals surface area contributed by atoms with E-state index in [1.807, 2.05) is 7.05 Å². The van der Waals surface area contributed by atoms with Crippen LogP contribution in [0.4, 0.5) is 51.2 Å². The highest BCUT2D eigenvalue weighted by atomic mass is 15.3. The average molecular weight is 1210 g/mol. The summed E-state index contributed by atoms with van der Waals surface area (Å²) in [7, 11) is 1.96. The summed E-state index contributed by atoms with van der Waals surface area (Å²) in [5.41, 5.74) is 27.5. The molecule has 0 amide bonds. The third kappa shape index (κ3) is 9.06. The molecule has 94 heavy (non-hydrogen) atoms. The zero-order valence-electron chi connectivity index (χ0n) is 52.7. The second-order valence-electron chi connectivity index (χ2n) is 24.5. The van der Waals surface area contributed by atoms with Gasteiger partial charge in [0.15, 0.2) is 0 Å². The quantitative estimate of drug-likeness (QED) is 0.116. The van der Waals surface area contributed by atoms with E-state index >= 15 is 0 Å². The molecule has 16 rings (SSSR count). The van der Waals surface area contributed by atoms with E-state index in [9.17, 15) is 0 Å². The van der Waals surface area contributed by atoms with Crippen molar-refractivity contribution in [1.29, 1.82) is 0 Å². The van der Waals surface area contributed by atoms with Gasteiger partial charge in [0.05, 0.1) is 62.0 Å². The Morgan fingerprint density at radius 3 is 1.35 bits per heavy atom. The highest BCUT2D eigenvalue weighted by Gasteiger charge is 2.50. The van der Waals surface area contributed by atoms with Crippen LogP contribution in [0.25, 0.3) is 22.8 Å². The van der Waals surface area contributed by atoms with Crippen molar-refractivity contribution < 1.29 is 0 Å². The molecule has 0 bridgehead atoms. The third-order valence-electron chi connectivity index (χ3n) is 19.3. The number of rotatable bonds is 13. The van der Waals surface area contributed by atoms with Crippen LogP contribution >= 0.6 is 0 Å². The van der Waals surface area contributed by atoms with Gasteiger partial charge in [-0.2, -0.15) is 0 Å². The van der Waals surface area contributed by atoms with E-state index in [0.717, 1.165) is 114 Å². The lowest BCUT2D eigenvalue weighted by Gasteiger charge is -2.41. The van der Waals surface area contributed by atoms with Crippen molar-refractivity contribution in [3.63, 3.8) is 0 Å². The van der Waals surface area contributed by atoms with Gasteiger partial charge in [-0.3, -0.25) is 0 Å². The molecule has 3 aliphatic carbocycles. The predicted molar refractivity (Wildman–Crippen MR) is 394 cm³/mol. The summed E-state index contributed by atoms with van der Waals surface area (Å²) in [5, 5.41) is 3.32. The van der Waals surface area contributed by atoms with Gasteiger partial charge in [0.1, 0.15) is 0 Å². The Kier molecular flexibility index (Phi) is 14.4. The van der Waals surface area contributed by atoms with Gasteiger partial charge in [0.2, 0.25) is 0 Å². The second kappa shape index (κ2) is 23.7. The molecule has 0 fully saturated rings. The zero-order chi connectivity index (χ0) is 63.3. The number of benzene rings is 11. The molecule has 0 saturated carbocycles. The topological polar surface area (TPSA) is 25.0 Å². The lowest BCUT2D eigenvalue weighted by Crippen LogP contribution is -2.31. The Morgan fingerprint density at radius 2 is 0.840 bits per heavy atom. The van der Waals surface area contributed by atoms with E-state index in [2.05, 4.69) is 372 Å². The van der Waals surface area contributed by atoms with E-state index in [1.165, 1.54) is 38.9 Å². The Balaban J connectivity index is 0.823. The van der Waals surface area contributed by atoms with Gasteiger partial charge in [-0.25, -0.2) is 0 Å². The molecule has 0 radical (unpaired) electrons. The molecule has 0 atom stereocenters. The molecule has 0 unspecified atom stereocenters. The van der Waals surface area contributed by atoms with E-state index in [-0.39, 0.29) is 0 Å². The fourth-order valence-corrected chi connectivity index (χ4v) is 15.5. The minimum Gasteiger partial charge on any atom is -0.392 e. The van der Waals surface area contributed by atoms with Gasteiger partial charge in [0, 0.05) is 30.3 Å². The van der Waals surface area contributed by atoms with Crippen molar-refractivity contribution in [2.24, 2.45) is 0 Å². The molecular weight excluding hydrogens is 1140 g/mol. The summed E-state index contributed by atoms with van der Waals surface area (Å²) < 4.78 is 0. The van der Waals surface area contributed by atoms with Gasteiger partial charge in [0.25, 0.3) is 0 Å². The van der Waals surface area contributed by atoms with Crippen molar-refractivity contribution in [3.05, 3.63) is 425 Å². The first-order chi connectivity index (χ1) is 46.4. The first-order valence-corrected chi connectivity index (χ1v) is 32.5. The highest BCUT2D eigenvalue weighted by Crippen LogP contribution is 2.62. The summed E-state index contributed by atoms with van der Waals surface area (Å²) in [6.07, 6.45) is 23.0. The number of fused-ring (bicyclic) bond motifs is 7. The van der Waals surface area contributed by atoms with Crippen LogP contribution < -0.4 is 24.9 Å². The number of para-hydroxylation sites is 7. The van der Waals surface area contributed by atoms with Gasteiger partial charge >= 0.3 is 0 Å². The zero-order valence-corrected chi connectivity index (χ0v) is 52.7. The first-order valence-electron chi connectivity index (χ1n) is 32.5. The summed E-state index contributed by atoms with van der Waals surface area (Å²) in [6, 6.07) is 102. The van der Waals surface area contributed by atoms with Crippen LogP contribution in [-0.2, 0) is 10.8 Å². The Labute approximate surface area is 552 Å². The molecule has 0 saturated heterocycles. The third-order valence-corrected chi connectivity index (χ3v) is 19.3. The minimum atomic E-state index is -0.761. The molecule has 5 heteroatoms. The van der Waals surface area contributed by atoms with Crippen LogP contribution in [0.2, 0.25) is 0 Å². The van der Waals surface area contributed by atoms with E-state index < -0.39 is 10.8 Å². The lowest BCUT2D eigenvalue weighted by atomic mass is 9.67. The van der Waals surface area contributed by atoms with E-state index in [1.54, 1.807) is 0 Å². The van der Waals surface area contributed by atoms with Crippen molar-refractivity contribution in [2.75, 3.05) is 26.6 Å². The van der Waals surface area contributed by atoms with Crippen LogP contribution in [0.5, 0.6) is 0 Å². The molecule has 2 aliphatic heterocycles. The molecule has 11 aromatic carbocycles. The number of hydrogen-bond donors (Lipinski definition) is 1. The second-order valence-corrected chi connectivity index (χ2v) is 24.5. The van der Waals surface area contributed by atoms with Crippen molar-refractivity contribution >= 4 is 62.8 Å². The normalized spacial score (nSPS) is 16.0. The molecule has 1 N–H and O–H groups in total. The monoisotopic (exact) mass is 1210 g/mol. The van der Waals surface area contributed by atoms with Gasteiger partial charge in [-0.15, -0.1) is 0 Å². The molecule has 5 aliphatic rings. The number of anilines is 9. The van der Waals surface area contributed by atoms with Gasteiger partial charge in [-0.05, 0) is 188 Å². The summed E-state index contributed by atoms with van der Waals surface area (Å²) in [6.45, 7) is 12.0. The number of hydrogen-bond acceptors (Lipinski definition) is 5. The lowest BCUT2D eigenvalue weighted by molar-refractivity contribution is 0.768. The maximum absolute atomic E-state index is 5.01. The van der Waals surface area contributed by atoms with Crippen molar-refractivity contribution in [3.8, 4) is 11.1 Å². The average Bonchev–Trinajstić information content (AvgIpc) is 1.52. The molecule has 0 aromatic heterocycles. The molecular formula is C89H69N5. The number of nitrogens with one attached hydrogen (secondary N) is 1. The van der Waals surface area contributed by atoms with Crippen LogP contribution in [0.1, 0.15) is 63.4 Å². The fraction of sp³-hybridized carbons (Fsp3) is 0.0562. The van der Waals surface area contributed by atoms with E-state index in [4.69, 9.17) is 13.2 Å². The summed E-state index contributed by atoms with van der Waals surface area (Å²) in [5.74, 6) is 0. The van der Waals surface area contributed by atoms with Crippen LogP contribution in [0, 0.1) is 0 Å². The summed E-state index contributed by atoms with van der Waals surface area (Å²) in [4.78, 5) is 9.65. The maximum Gasteiger partial charge on any atom is 0.0714 e. The largest absolute Gasteiger partial charge is 0.392 e. The molecule has 450 valence electrons. The molecule has 11 aromatic rings. The number of allylic oxidation sites excluding steroid dienone is 11. The Morgan fingerprint density at radius 1 is 0.426 bits per heavy atom. The smallest absolute Gasteiger partial charge is 0.0714 e. The van der Waals surface area contributed by atoms with Crippen LogP contribution in [0.3, 0.4) is 0 Å². The molecule has 0 spiro atoms. The Bertz CT molecular complexity index is 4900. The van der Waals surface area contributed by atoms with E-state index in [0.29, 0.717) is 0 Å². The highest BCUT2D eigenvalue weighted by molar-refractivity contribution is 6.02. The van der Waals surface area contributed by atoms with Gasteiger partial charge < -0.3 is 24.9 Å². The number of nitrogens with zero attached hydrogens (tertiary/aromatic N) is 4. The molecule has 5 nitrogen and oxygen atoms in total. The minimum absolute atomic E-state index is 0.683. The van der Waals surface area contributed by atoms with Gasteiger partial charge in [-0.1, -0.05) is 250 Å². The Hall–Kier alpha value is -11.9.